The van der Waals surface area contributed by atoms with Crippen LogP contribution in [-0.2, 0) is 6.42 Å². The molecule has 3 heteroatoms. The van der Waals surface area contributed by atoms with Crippen LogP contribution in [0.5, 0.6) is 0 Å². The summed E-state index contributed by atoms with van der Waals surface area (Å²) in [6.07, 6.45) is 3.28. The Labute approximate surface area is 112 Å². The molecule has 0 aromatic heterocycles. The van der Waals surface area contributed by atoms with Crippen LogP contribution < -0.4 is 0 Å². The Hall–Kier alpha value is -0.380. The molecule has 1 unspecified atom stereocenters. The van der Waals surface area contributed by atoms with Gasteiger partial charge in [-0.15, -0.1) is 0 Å². The van der Waals surface area contributed by atoms with Gasteiger partial charge in [0.05, 0.1) is 6.61 Å². The van der Waals surface area contributed by atoms with E-state index in [-0.39, 0.29) is 12.0 Å². The minimum atomic E-state index is 0.0494. The average molecular weight is 298 g/mol. The molecule has 0 bridgehead atoms. The zero-order valence-electron chi connectivity index (χ0n) is 10.3. The summed E-state index contributed by atoms with van der Waals surface area (Å²) in [4.78, 5) is 2.33. The highest BCUT2D eigenvalue weighted by atomic mass is 79.9. The Kier molecular flexibility index (Phi) is 4.23. The van der Waals surface area contributed by atoms with Gasteiger partial charge in [-0.05, 0) is 50.6 Å². The largest absolute Gasteiger partial charge is 0.396 e. The lowest BCUT2D eigenvalue weighted by Crippen LogP contribution is -2.44. The van der Waals surface area contributed by atoms with Gasteiger partial charge < -0.3 is 10.0 Å². The zero-order valence-corrected chi connectivity index (χ0v) is 11.9. The van der Waals surface area contributed by atoms with Crippen molar-refractivity contribution in [2.24, 2.45) is 5.41 Å². The number of hydrogen-bond acceptors (Lipinski definition) is 2. The van der Waals surface area contributed by atoms with Gasteiger partial charge in [-0.1, -0.05) is 28.1 Å². The van der Waals surface area contributed by atoms with Crippen molar-refractivity contribution in [3.63, 3.8) is 0 Å². The average Bonchev–Trinajstić information content (AvgIpc) is 2.29. The van der Waals surface area contributed by atoms with Crippen molar-refractivity contribution in [1.29, 1.82) is 0 Å². The molecule has 2 rings (SSSR count). The lowest BCUT2D eigenvalue weighted by Gasteiger charge is -2.40. The number of halogens is 1. The number of aliphatic hydroxyl groups excluding tert-OH is 1. The highest BCUT2D eigenvalue weighted by molar-refractivity contribution is 9.10. The van der Waals surface area contributed by atoms with E-state index in [0.717, 1.165) is 30.4 Å². The molecule has 1 saturated heterocycles. The normalized spacial score (nSPS) is 26.1. The third-order valence-corrected chi connectivity index (χ3v) is 4.15. The Bertz CT molecular complexity index is 382. The molecule has 94 valence electrons. The molecule has 1 aromatic rings. The van der Waals surface area contributed by atoms with E-state index in [2.05, 4.69) is 46.1 Å². The van der Waals surface area contributed by atoms with Crippen molar-refractivity contribution in [3.8, 4) is 0 Å². The second-order valence-corrected chi connectivity index (χ2v) is 6.22. The van der Waals surface area contributed by atoms with Gasteiger partial charge in [0.1, 0.15) is 0 Å². The van der Waals surface area contributed by atoms with Crippen LogP contribution in [0, 0.1) is 5.41 Å². The van der Waals surface area contributed by atoms with Crippen LogP contribution in [0.2, 0.25) is 0 Å². The standard InChI is InChI=1S/C14H20BrNO/c1-16-7-3-6-14(10-16,11-17)9-12-4-2-5-13(15)8-12/h2,4-5,8,17H,3,6-7,9-11H2,1H3. The summed E-state index contributed by atoms with van der Waals surface area (Å²) in [5, 5.41) is 9.75. The van der Waals surface area contributed by atoms with E-state index in [9.17, 15) is 5.11 Å². The van der Waals surface area contributed by atoms with E-state index in [4.69, 9.17) is 0 Å². The molecule has 1 aromatic carbocycles. The molecule has 1 aliphatic heterocycles. The lowest BCUT2D eigenvalue weighted by atomic mass is 9.76. The summed E-state index contributed by atoms with van der Waals surface area (Å²) in [5.74, 6) is 0. The molecule has 1 N–H and O–H groups in total. The summed E-state index contributed by atoms with van der Waals surface area (Å²) >= 11 is 3.51. The highest BCUT2D eigenvalue weighted by Crippen LogP contribution is 2.33. The number of likely N-dealkylation sites (tertiary alicyclic amines) is 1. The molecule has 0 spiro atoms. The van der Waals surface area contributed by atoms with Crippen molar-refractivity contribution in [3.05, 3.63) is 34.3 Å². The molecule has 0 saturated carbocycles. The molecular weight excluding hydrogens is 278 g/mol. The van der Waals surface area contributed by atoms with Crippen molar-refractivity contribution in [2.75, 3.05) is 26.7 Å². The lowest BCUT2D eigenvalue weighted by molar-refractivity contribution is 0.0439. The maximum Gasteiger partial charge on any atom is 0.0502 e. The Balaban J connectivity index is 2.13. The summed E-state index contributed by atoms with van der Waals surface area (Å²) in [6, 6.07) is 8.42. The van der Waals surface area contributed by atoms with E-state index in [1.807, 2.05) is 6.07 Å². The Morgan fingerprint density at radius 3 is 2.94 bits per heavy atom. The number of aliphatic hydroxyl groups is 1. The maximum atomic E-state index is 9.75. The van der Waals surface area contributed by atoms with Crippen molar-refractivity contribution in [2.45, 2.75) is 19.3 Å². The maximum absolute atomic E-state index is 9.75. The van der Waals surface area contributed by atoms with Crippen LogP contribution in [0.15, 0.2) is 28.7 Å². The quantitative estimate of drug-likeness (QED) is 0.927. The first-order valence-corrected chi connectivity index (χ1v) is 6.97. The van der Waals surface area contributed by atoms with Crippen LogP contribution >= 0.6 is 15.9 Å². The summed E-state index contributed by atoms with van der Waals surface area (Å²) < 4.78 is 1.12. The molecule has 0 aliphatic carbocycles. The van der Waals surface area contributed by atoms with E-state index in [1.165, 1.54) is 12.0 Å². The van der Waals surface area contributed by atoms with E-state index in [1.54, 1.807) is 0 Å². The number of rotatable bonds is 3. The predicted molar refractivity (Wildman–Crippen MR) is 74.1 cm³/mol. The van der Waals surface area contributed by atoms with Gasteiger partial charge in [-0.2, -0.15) is 0 Å². The smallest absolute Gasteiger partial charge is 0.0502 e. The predicted octanol–water partition coefficient (Wildman–Crippen LogP) is 2.70. The van der Waals surface area contributed by atoms with Gasteiger partial charge in [0.15, 0.2) is 0 Å². The fourth-order valence-electron chi connectivity index (χ4n) is 2.86. The second kappa shape index (κ2) is 5.51. The number of piperidine rings is 1. The van der Waals surface area contributed by atoms with E-state index in [0.29, 0.717) is 0 Å². The first kappa shape index (κ1) is 13.1. The summed E-state index contributed by atoms with van der Waals surface area (Å²) in [7, 11) is 2.14. The Morgan fingerprint density at radius 1 is 1.47 bits per heavy atom. The molecular formula is C14H20BrNO. The van der Waals surface area contributed by atoms with Crippen molar-refractivity contribution < 1.29 is 5.11 Å². The first-order chi connectivity index (χ1) is 8.13. The fraction of sp³-hybridized carbons (Fsp3) is 0.571. The van der Waals surface area contributed by atoms with E-state index >= 15 is 0 Å². The van der Waals surface area contributed by atoms with Crippen LogP contribution in [0.25, 0.3) is 0 Å². The second-order valence-electron chi connectivity index (χ2n) is 5.31. The topological polar surface area (TPSA) is 23.5 Å². The third-order valence-electron chi connectivity index (χ3n) is 3.66. The Morgan fingerprint density at radius 2 is 2.29 bits per heavy atom. The molecule has 1 fully saturated rings. The molecule has 2 nitrogen and oxygen atoms in total. The minimum absolute atomic E-state index is 0.0494. The fourth-order valence-corrected chi connectivity index (χ4v) is 3.31. The van der Waals surface area contributed by atoms with E-state index < -0.39 is 0 Å². The van der Waals surface area contributed by atoms with Gasteiger partial charge in [0, 0.05) is 16.4 Å². The summed E-state index contributed by atoms with van der Waals surface area (Å²) in [5.41, 5.74) is 1.36. The molecule has 17 heavy (non-hydrogen) atoms. The number of nitrogens with zero attached hydrogens (tertiary/aromatic N) is 1. The van der Waals surface area contributed by atoms with Crippen molar-refractivity contribution >= 4 is 15.9 Å². The number of benzene rings is 1. The number of hydrogen-bond donors (Lipinski definition) is 1. The molecule has 0 amide bonds. The highest BCUT2D eigenvalue weighted by Gasteiger charge is 2.33. The monoisotopic (exact) mass is 297 g/mol. The van der Waals surface area contributed by atoms with Crippen LogP contribution in [0.1, 0.15) is 18.4 Å². The molecule has 1 atom stereocenters. The molecule has 0 radical (unpaired) electrons. The minimum Gasteiger partial charge on any atom is -0.396 e. The third kappa shape index (κ3) is 3.30. The van der Waals surface area contributed by atoms with Gasteiger partial charge >= 0.3 is 0 Å². The van der Waals surface area contributed by atoms with Gasteiger partial charge in [0.25, 0.3) is 0 Å². The van der Waals surface area contributed by atoms with Gasteiger partial charge in [-0.3, -0.25) is 0 Å². The van der Waals surface area contributed by atoms with Gasteiger partial charge in [-0.25, -0.2) is 0 Å². The SMILES string of the molecule is CN1CCCC(CO)(Cc2cccc(Br)c2)C1. The first-order valence-electron chi connectivity index (χ1n) is 6.17. The van der Waals surface area contributed by atoms with Crippen molar-refractivity contribution in [1.82, 2.24) is 4.90 Å². The molecule has 1 aliphatic rings. The van der Waals surface area contributed by atoms with Crippen LogP contribution in [0.4, 0.5) is 0 Å². The van der Waals surface area contributed by atoms with Crippen LogP contribution in [-0.4, -0.2) is 36.8 Å². The molecule has 1 heterocycles. The van der Waals surface area contributed by atoms with Crippen LogP contribution in [0.3, 0.4) is 0 Å². The summed E-state index contributed by atoms with van der Waals surface area (Å²) in [6.45, 7) is 2.43. The van der Waals surface area contributed by atoms with Gasteiger partial charge in [0.2, 0.25) is 0 Å². The zero-order chi connectivity index (χ0) is 12.3.